The highest BCUT2D eigenvalue weighted by Crippen LogP contribution is 2.23. The highest BCUT2D eigenvalue weighted by atomic mass is 35.5. The van der Waals surface area contributed by atoms with Gasteiger partial charge in [0.2, 0.25) is 5.91 Å². The van der Waals surface area contributed by atoms with E-state index in [1.807, 2.05) is 14.1 Å². The first-order valence-electron chi connectivity index (χ1n) is 6.13. The zero-order chi connectivity index (χ0) is 13.5. The predicted octanol–water partition coefficient (Wildman–Crippen LogP) is 2.50. The Morgan fingerprint density at radius 1 is 1.37 bits per heavy atom. The number of amides is 1. The molecule has 19 heavy (non-hydrogen) atoms. The van der Waals surface area contributed by atoms with E-state index in [-0.39, 0.29) is 18.3 Å². The highest BCUT2D eigenvalue weighted by Gasteiger charge is 2.09. The van der Waals surface area contributed by atoms with Crippen LogP contribution in [-0.4, -0.2) is 43.7 Å². The molecule has 0 atom stereocenters. The molecule has 0 unspecified atom stereocenters. The van der Waals surface area contributed by atoms with Crippen molar-refractivity contribution in [2.75, 3.05) is 32.9 Å². The summed E-state index contributed by atoms with van der Waals surface area (Å²) >= 11 is 1.61. The molecule has 0 spiro atoms. The van der Waals surface area contributed by atoms with Gasteiger partial charge in [0.05, 0.1) is 5.75 Å². The van der Waals surface area contributed by atoms with Crippen LogP contribution in [0.1, 0.15) is 11.1 Å². The second-order valence-electron chi connectivity index (χ2n) is 4.48. The van der Waals surface area contributed by atoms with Crippen LogP contribution >= 0.6 is 24.2 Å². The molecule has 0 saturated carbocycles. The van der Waals surface area contributed by atoms with Crippen molar-refractivity contribution in [1.82, 2.24) is 10.2 Å². The number of nitrogens with one attached hydrogen (secondary N) is 1. The molecule has 3 nitrogen and oxygen atoms in total. The van der Waals surface area contributed by atoms with Crippen LogP contribution in [0.5, 0.6) is 0 Å². The largest absolute Gasteiger partial charge is 0.344 e. The van der Waals surface area contributed by atoms with Gasteiger partial charge in [0.15, 0.2) is 0 Å². The molecule has 0 aromatic heterocycles. The summed E-state index contributed by atoms with van der Waals surface area (Å²) < 4.78 is 0. The summed E-state index contributed by atoms with van der Waals surface area (Å²) in [7, 11) is 3.74. The topological polar surface area (TPSA) is 32.3 Å². The van der Waals surface area contributed by atoms with Crippen LogP contribution in [-0.2, 0) is 4.79 Å². The molecule has 0 radical (unpaired) electrons. The lowest BCUT2D eigenvalue weighted by atomic mass is 10.2. The first-order chi connectivity index (χ1) is 8.54. The number of rotatable bonds is 6. The van der Waals surface area contributed by atoms with Crippen molar-refractivity contribution in [1.29, 1.82) is 0 Å². The number of benzene rings is 1. The Bertz CT molecular complexity index is 412. The van der Waals surface area contributed by atoms with Crippen molar-refractivity contribution >= 4 is 30.1 Å². The van der Waals surface area contributed by atoms with Gasteiger partial charge in [-0.15, -0.1) is 24.2 Å². The summed E-state index contributed by atoms with van der Waals surface area (Å²) in [6.45, 7) is 5.75. The van der Waals surface area contributed by atoms with E-state index in [2.05, 4.69) is 37.4 Å². The maximum absolute atomic E-state index is 11.9. The minimum absolute atomic E-state index is 0. The average Bonchev–Trinajstić information content (AvgIpc) is 2.34. The normalized spacial score (nSPS) is 9.89. The van der Waals surface area contributed by atoms with Crippen molar-refractivity contribution in [3.05, 3.63) is 29.3 Å². The van der Waals surface area contributed by atoms with E-state index in [0.29, 0.717) is 5.75 Å². The predicted molar refractivity (Wildman–Crippen MR) is 85.5 cm³/mol. The Morgan fingerprint density at radius 2 is 2.05 bits per heavy atom. The summed E-state index contributed by atoms with van der Waals surface area (Å²) in [5.74, 6) is 0.680. The molecule has 0 heterocycles. The Kier molecular flexibility index (Phi) is 8.89. The van der Waals surface area contributed by atoms with Crippen LogP contribution in [0.2, 0.25) is 0 Å². The quantitative estimate of drug-likeness (QED) is 0.820. The van der Waals surface area contributed by atoms with Crippen molar-refractivity contribution in [2.24, 2.45) is 0 Å². The third kappa shape index (κ3) is 6.32. The van der Waals surface area contributed by atoms with E-state index in [9.17, 15) is 4.79 Å². The van der Waals surface area contributed by atoms with Gasteiger partial charge in [0.25, 0.3) is 0 Å². The van der Waals surface area contributed by atoms with Crippen molar-refractivity contribution in [3.63, 3.8) is 0 Å². The molecule has 0 aliphatic carbocycles. The van der Waals surface area contributed by atoms with Gasteiger partial charge in [0, 0.05) is 25.0 Å². The number of hydrogen-bond donors (Lipinski definition) is 1. The Hall–Kier alpha value is -0.710. The fourth-order valence-electron chi connectivity index (χ4n) is 1.62. The molecule has 1 aromatic rings. The lowest BCUT2D eigenvalue weighted by molar-refractivity contribution is -0.127. The van der Waals surface area contributed by atoms with Crippen molar-refractivity contribution < 1.29 is 4.79 Å². The van der Waals surface area contributed by atoms with Crippen LogP contribution in [0.15, 0.2) is 23.1 Å². The number of carbonyl (C=O) groups is 1. The fraction of sp³-hybridized carbons (Fsp3) is 0.500. The molecule has 108 valence electrons. The molecule has 0 fully saturated rings. The summed E-state index contributed by atoms with van der Waals surface area (Å²) in [6.07, 6.45) is 0. The van der Waals surface area contributed by atoms with Crippen molar-refractivity contribution in [3.8, 4) is 0 Å². The smallest absolute Gasteiger partial charge is 0.232 e. The molecule has 0 saturated heterocycles. The molecular weight excluding hydrogens is 280 g/mol. The molecule has 5 heteroatoms. The van der Waals surface area contributed by atoms with Crippen molar-refractivity contribution in [2.45, 2.75) is 18.7 Å². The Morgan fingerprint density at radius 3 is 2.63 bits per heavy atom. The average molecular weight is 303 g/mol. The van der Waals surface area contributed by atoms with Crippen LogP contribution in [0.3, 0.4) is 0 Å². The van der Waals surface area contributed by atoms with Crippen LogP contribution in [0.4, 0.5) is 0 Å². The summed E-state index contributed by atoms with van der Waals surface area (Å²) in [4.78, 5) is 14.8. The molecule has 0 aliphatic rings. The zero-order valence-corrected chi connectivity index (χ0v) is 13.7. The number of thioether (sulfide) groups is 1. The first kappa shape index (κ1) is 18.3. The van der Waals surface area contributed by atoms with E-state index in [1.54, 1.807) is 16.7 Å². The number of halogens is 1. The third-order valence-corrected chi connectivity index (χ3v) is 3.96. The van der Waals surface area contributed by atoms with E-state index in [1.165, 1.54) is 16.0 Å². The molecular formula is C14H23ClN2OS. The van der Waals surface area contributed by atoms with Gasteiger partial charge in [0.1, 0.15) is 0 Å². The lowest BCUT2D eigenvalue weighted by Gasteiger charge is -2.16. The van der Waals surface area contributed by atoms with Crippen LogP contribution in [0.25, 0.3) is 0 Å². The molecule has 1 amide bonds. The zero-order valence-electron chi connectivity index (χ0n) is 12.0. The van der Waals surface area contributed by atoms with Gasteiger partial charge in [-0.3, -0.25) is 4.79 Å². The SMILES string of the molecule is CNCCN(C)C(=O)CSc1ccc(C)cc1C.Cl. The number of likely N-dealkylation sites (N-methyl/N-ethyl adjacent to an activating group) is 2. The van der Waals surface area contributed by atoms with Gasteiger partial charge in [-0.1, -0.05) is 17.7 Å². The second kappa shape index (κ2) is 9.23. The van der Waals surface area contributed by atoms with Crippen LogP contribution in [0, 0.1) is 13.8 Å². The summed E-state index contributed by atoms with van der Waals surface area (Å²) in [5.41, 5.74) is 2.50. The monoisotopic (exact) mass is 302 g/mol. The molecule has 1 N–H and O–H groups in total. The standard InChI is InChI=1S/C14H22N2OS.ClH/c1-11-5-6-13(12(2)9-11)18-10-14(17)16(4)8-7-15-3;/h5-6,9,15H,7-8,10H2,1-4H3;1H. The van der Waals surface area contributed by atoms with Crippen LogP contribution < -0.4 is 5.32 Å². The lowest BCUT2D eigenvalue weighted by Crippen LogP contribution is -2.33. The molecule has 0 aliphatic heterocycles. The highest BCUT2D eigenvalue weighted by molar-refractivity contribution is 8.00. The number of hydrogen-bond acceptors (Lipinski definition) is 3. The minimum atomic E-state index is 0. The Labute approximate surface area is 126 Å². The van der Waals surface area contributed by atoms with Gasteiger partial charge in [-0.2, -0.15) is 0 Å². The van der Waals surface area contributed by atoms with Gasteiger partial charge >= 0.3 is 0 Å². The fourth-order valence-corrected chi connectivity index (χ4v) is 2.57. The summed E-state index contributed by atoms with van der Waals surface area (Å²) in [5, 5.41) is 3.04. The molecule has 1 rings (SSSR count). The van der Waals surface area contributed by atoms with E-state index in [4.69, 9.17) is 0 Å². The second-order valence-corrected chi connectivity index (χ2v) is 5.49. The van der Waals surface area contributed by atoms with Gasteiger partial charge in [-0.25, -0.2) is 0 Å². The minimum Gasteiger partial charge on any atom is -0.344 e. The number of nitrogens with zero attached hydrogens (tertiary/aromatic N) is 1. The molecule has 1 aromatic carbocycles. The Balaban J connectivity index is 0.00000324. The summed E-state index contributed by atoms with van der Waals surface area (Å²) in [6, 6.07) is 6.33. The number of aryl methyl sites for hydroxylation is 2. The first-order valence-corrected chi connectivity index (χ1v) is 7.11. The van der Waals surface area contributed by atoms with Gasteiger partial charge in [-0.05, 0) is 32.5 Å². The van der Waals surface area contributed by atoms with E-state index >= 15 is 0 Å². The molecule has 0 bridgehead atoms. The van der Waals surface area contributed by atoms with Gasteiger partial charge < -0.3 is 10.2 Å². The maximum Gasteiger partial charge on any atom is 0.232 e. The van der Waals surface area contributed by atoms with E-state index < -0.39 is 0 Å². The maximum atomic E-state index is 11.9. The number of carbonyl (C=O) groups excluding carboxylic acids is 1. The third-order valence-electron chi connectivity index (χ3n) is 2.80. The van der Waals surface area contributed by atoms with E-state index in [0.717, 1.165) is 13.1 Å².